The monoisotopic (exact) mass is 230 g/mol. The fraction of sp³-hybridized carbons (Fsp3) is 0.417. The maximum absolute atomic E-state index is 5.72. The fourth-order valence-electron chi connectivity index (χ4n) is 1.98. The molecule has 0 amide bonds. The maximum atomic E-state index is 5.72. The van der Waals surface area contributed by atoms with E-state index in [1.807, 2.05) is 24.3 Å². The van der Waals surface area contributed by atoms with Crippen LogP contribution in [0, 0.1) is 0 Å². The lowest BCUT2D eigenvalue weighted by Gasteiger charge is -2.22. The quantitative estimate of drug-likeness (QED) is 0.838. The predicted octanol–water partition coefficient (Wildman–Crippen LogP) is 1.16. The summed E-state index contributed by atoms with van der Waals surface area (Å²) in [6, 6.07) is 8.03. The molecule has 1 atom stereocenters. The molecule has 1 unspecified atom stereocenters. The first-order valence-corrected chi connectivity index (χ1v) is 5.89. The summed E-state index contributed by atoms with van der Waals surface area (Å²) in [5, 5.41) is 11.4. The Bertz CT molecular complexity index is 511. The number of fused-ring (bicyclic) bond motifs is 1. The number of piperidine rings is 1. The Morgan fingerprint density at radius 1 is 1.18 bits per heavy atom. The summed E-state index contributed by atoms with van der Waals surface area (Å²) < 4.78 is 5.72. The van der Waals surface area contributed by atoms with Crippen molar-refractivity contribution in [1.82, 2.24) is 20.5 Å². The molecule has 0 saturated carbocycles. The first-order valence-electron chi connectivity index (χ1n) is 5.89. The zero-order valence-electron chi connectivity index (χ0n) is 9.47. The lowest BCUT2D eigenvalue weighted by Crippen LogP contribution is -2.37. The molecule has 1 N–H and O–H groups in total. The van der Waals surface area contributed by atoms with Crippen molar-refractivity contribution >= 4 is 11.0 Å². The van der Waals surface area contributed by atoms with Crippen LogP contribution in [0.4, 0.5) is 0 Å². The SMILES string of the molecule is c1ccc2nc(OC3CCCNC3)nnc2c1. The minimum absolute atomic E-state index is 0.159. The van der Waals surface area contributed by atoms with Gasteiger partial charge in [0.05, 0.1) is 5.52 Å². The van der Waals surface area contributed by atoms with Gasteiger partial charge in [-0.1, -0.05) is 17.2 Å². The second-order valence-electron chi connectivity index (χ2n) is 4.17. The van der Waals surface area contributed by atoms with E-state index < -0.39 is 0 Å². The number of hydrogen-bond acceptors (Lipinski definition) is 5. The van der Waals surface area contributed by atoms with Crippen LogP contribution in [0.3, 0.4) is 0 Å². The van der Waals surface area contributed by atoms with Crippen LogP contribution in [0.2, 0.25) is 0 Å². The van der Waals surface area contributed by atoms with Crippen molar-refractivity contribution in [2.75, 3.05) is 13.1 Å². The number of nitrogens with one attached hydrogen (secondary N) is 1. The Hall–Kier alpha value is -1.75. The molecular formula is C12H14N4O. The van der Waals surface area contributed by atoms with Gasteiger partial charge in [-0.05, 0) is 31.5 Å². The van der Waals surface area contributed by atoms with Crippen LogP contribution in [-0.2, 0) is 0 Å². The molecule has 1 aliphatic heterocycles. The Morgan fingerprint density at radius 3 is 2.88 bits per heavy atom. The molecule has 2 heterocycles. The summed E-state index contributed by atoms with van der Waals surface area (Å²) in [4.78, 5) is 4.35. The van der Waals surface area contributed by atoms with E-state index in [0.29, 0.717) is 6.01 Å². The molecule has 1 aromatic heterocycles. The number of benzene rings is 1. The average molecular weight is 230 g/mol. The predicted molar refractivity (Wildman–Crippen MR) is 63.9 cm³/mol. The minimum atomic E-state index is 0.159. The highest BCUT2D eigenvalue weighted by Gasteiger charge is 2.15. The average Bonchev–Trinajstić information content (AvgIpc) is 2.40. The zero-order valence-corrected chi connectivity index (χ0v) is 9.47. The summed E-state index contributed by atoms with van der Waals surface area (Å²) in [7, 11) is 0. The van der Waals surface area contributed by atoms with Crippen molar-refractivity contribution in [3.05, 3.63) is 24.3 Å². The number of nitrogens with zero attached hydrogens (tertiary/aromatic N) is 3. The second-order valence-corrected chi connectivity index (χ2v) is 4.17. The second kappa shape index (κ2) is 4.63. The van der Waals surface area contributed by atoms with Crippen LogP contribution >= 0.6 is 0 Å². The third-order valence-corrected chi connectivity index (χ3v) is 2.86. The first-order chi connectivity index (χ1) is 8.42. The molecule has 1 aromatic carbocycles. The molecule has 0 bridgehead atoms. The molecule has 0 spiro atoms. The lowest BCUT2D eigenvalue weighted by molar-refractivity contribution is 0.152. The number of hydrogen-bond donors (Lipinski definition) is 1. The van der Waals surface area contributed by atoms with Crippen LogP contribution in [0.25, 0.3) is 11.0 Å². The van der Waals surface area contributed by atoms with Crippen LogP contribution in [0.15, 0.2) is 24.3 Å². The summed E-state index contributed by atoms with van der Waals surface area (Å²) in [5.74, 6) is 0. The van der Waals surface area contributed by atoms with E-state index in [9.17, 15) is 0 Å². The molecule has 1 fully saturated rings. The van der Waals surface area contributed by atoms with Gasteiger partial charge in [-0.15, -0.1) is 5.10 Å². The number of ether oxygens (including phenoxy) is 1. The van der Waals surface area contributed by atoms with E-state index in [2.05, 4.69) is 20.5 Å². The van der Waals surface area contributed by atoms with E-state index in [0.717, 1.165) is 37.0 Å². The Morgan fingerprint density at radius 2 is 2.06 bits per heavy atom. The highest BCUT2D eigenvalue weighted by molar-refractivity contribution is 5.73. The molecular weight excluding hydrogens is 216 g/mol. The van der Waals surface area contributed by atoms with E-state index >= 15 is 0 Å². The smallest absolute Gasteiger partial charge is 0.336 e. The molecule has 5 heteroatoms. The highest BCUT2D eigenvalue weighted by Crippen LogP contribution is 2.13. The molecule has 1 saturated heterocycles. The number of aromatic nitrogens is 3. The third-order valence-electron chi connectivity index (χ3n) is 2.86. The van der Waals surface area contributed by atoms with Crippen LogP contribution in [-0.4, -0.2) is 34.4 Å². The standard InChI is InChI=1S/C12H14N4O/c1-2-6-11-10(5-1)14-12(16-15-11)17-9-4-3-7-13-8-9/h1-2,5-6,9,13H,3-4,7-8H2. The van der Waals surface area contributed by atoms with Gasteiger partial charge in [-0.3, -0.25) is 0 Å². The van der Waals surface area contributed by atoms with Gasteiger partial charge < -0.3 is 10.1 Å². The van der Waals surface area contributed by atoms with Gasteiger partial charge in [-0.25, -0.2) is 0 Å². The molecule has 0 aliphatic carbocycles. The van der Waals surface area contributed by atoms with Crippen molar-refractivity contribution < 1.29 is 4.74 Å². The molecule has 5 nitrogen and oxygen atoms in total. The van der Waals surface area contributed by atoms with Crippen molar-refractivity contribution in [3.8, 4) is 6.01 Å². The van der Waals surface area contributed by atoms with E-state index in [1.165, 1.54) is 0 Å². The Labute approximate surface area is 99.2 Å². The van der Waals surface area contributed by atoms with Gasteiger partial charge in [0, 0.05) is 6.54 Å². The first kappa shape index (κ1) is 10.4. The molecule has 0 radical (unpaired) electrons. The van der Waals surface area contributed by atoms with E-state index in [1.54, 1.807) is 0 Å². The minimum Gasteiger partial charge on any atom is -0.458 e. The largest absolute Gasteiger partial charge is 0.458 e. The normalized spacial score (nSPS) is 20.4. The summed E-state index contributed by atoms with van der Waals surface area (Å²) in [6.07, 6.45) is 2.33. The van der Waals surface area contributed by atoms with Gasteiger partial charge in [0.25, 0.3) is 0 Å². The number of para-hydroxylation sites is 1. The highest BCUT2D eigenvalue weighted by atomic mass is 16.5. The van der Waals surface area contributed by atoms with E-state index in [-0.39, 0.29) is 6.10 Å². The van der Waals surface area contributed by atoms with Crippen molar-refractivity contribution in [3.63, 3.8) is 0 Å². The lowest BCUT2D eigenvalue weighted by atomic mass is 10.1. The van der Waals surface area contributed by atoms with Gasteiger partial charge in [0.1, 0.15) is 11.6 Å². The summed E-state index contributed by atoms with van der Waals surface area (Å²) >= 11 is 0. The zero-order chi connectivity index (χ0) is 11.5. The summed E-state index contributed by atoms with van der Waals surface area (Å²) in [6.45, 7) is 1.92. The van der Waals surface area contributed by atoms with Crippen LogP contribution in [0.1, 0.15) is 12.8 Å². The number of rotatable bonds is 2. The Kier molecular flexibility index (Phi) is 2.83. The van der Waals surface area contributed by atoms with Crippen molar-refractivity contribution in [1.29, 1.82) is 0 Å². The van der Waals surface area contributed by atoms with Gasteiger partial charge in [0.15, 0.2) is 0 Å². The topological polar surface area (TPSA) is 59.9 Å². The van der Waals surface area contributed by atoms with Crippen LogP contribution in [0.5, 0.6) is 6.01 Å². The van der Waals surface area contributed by atoms with Crippen molar-refractivity contribution in [2.24, 2.45) is 0 Å². The molecule has 17 heavy (non-hydrogen) atoms. The van der Waals surface area contributed by atoms with Gasteiger partial charge in [-0.2, -0.15) is 4.98 Å². The molecule has 3 rings (SSSR count). The summed E-state index contributed by atoms with van der Waals surface area (Å²) in [5.41, 5.74) is 1.61. The van der Waals surface area contributed by atoms with Gasteiger partial charge in [0.2, 0.25) is 0 Å². The molecule has 1 aliphatic rings. The fourth-order valence-corrected chi connectivity index (χ4v) is 1.98. The molecule has 2 aromatic rings. The van der Waals surface area contributed by atoms with Crippen molar-refractivity contribution in [2.45, 2.75) is 18.9 Å². The Balaban J connectivity index is 1.80. The van der Waals surface area contributed by atoms with E-state index in [4.69, 9.17) is 4.74 Å². The molecule has 88 valence electrons. The third kappa shape index (κ3) is 2.34. The maximum Gasteiger partial charge on any atom is 0.336 e. The van der Waals surface area contributed by atoms with Gasteiger partial charge >= 0.3 is 6.01 Å². The van der Waals surface area contributed by atoms with Crippen LogP contribution < -0.4 is 10.1 Å².